The Morgan fingerprint density at radius 3 is 2.12 bits per heavy atom. The molecule has 0 bridgehead atoms. The number of nitrogens with zero attached hydrogens (tertiary/aromatic N) is 3. The first-order valence-corrected chi connectivity index (χ1v) is 11.9. The summed E-state index contributed by atoms with van der Waals surface area (Å²) in [5.74, 6) is 0.229. The molecule has 4 nitrogen and oxygen atoms in total. The number of piperazine rings is 1. The predicted molar refractivity (Wildman–Crippen MR) is 132 cm³/mol. The Hall–Kier alpha value is -3.15. The maximum Gasteiger partial charge on any atom is 0.212 e. The van der Waals surface area contributed by atoms with Gasteiger partial charge in [-0.2, -0.15) is 4.39 Å². The van der Waals surface area contributed by atoms with E-state index in [1.54, 1.807) is 6.20 Å². The zero-order valence-electron chi connectivity index (χ0n) is 20.5. The molecule has 0 amide bonds. The average molecular weight is 464 g/mol. The van der Waals surface area contributed by atoms with Gasteiger partial charge in [0, 0.05) is 49.3 Å². The van der Waals surface area contributed by atoms with Crippen LogP contribution in [0.25, 0.3) is 0 Å². The smallest absolute Gasteiger partial charge is 0.212 e. The first kappa shape index (κ1) is 22.6. The number of rotatable bonds is 3. The molecule has 2 aliphatic rings. The first-order valence-electron chi connectivity index (χ1n) is 11.9. The second-order valence-electron chi connectivity index (χ2n) is 9.97. The quantitative estimate of drug-likeness (QED) is 0.451. The van der Waals surface area contributed by atoms with Gasteiger partial charge < -0.3 is 14.5 Å². The Kier molecular flexibility index (Phi) is 5.50. The Balaban J connectivity index is 1.51. The normalized spacial score (nSPS) is 19.2. The van der Waals surface area contributed by atoms with Gasteiger partial charge in [0.25, 0.3) is 0 Å². The van der Waals surface area contributed by atoms with Gasteiger partial charge in [0.05, 0.1) is 5.92 Å². The van der Waals surface area contributed by atoms with Crippen LogP contribution in [0.1, 0.15) is 47.6 Å². The Bertz CT molecular complexity index is 1210. The fourth-order valence-electron chi connectivity index (χ4n) is 5.72. The molecule has 0 N–H and O–H groups in total. The molecule has 0 spiro atoms. The molecule has 1 atom stereocenters. The summed E-state index contributed by atoms with van der Waals surface area (Å²) in [7, 11) is 0. The van der Waals surface area contributed by atoms with Crippen LogP contribution in [0.4, 0.5) is 20.2 Å². The van der Waals surface area contributed by atoms with E-state index in [0.29, 0.717) is 0 Å². The van der Waals surface area contributed by atoms with Crippen molar-refractivity contribution in [1.82, 2.24) is 4.98 Å². The van der Waals surface area contributed by atoms with Crippen molar-refractivity contribution in [2.24, 2.45) is 0 Å². The zero-order chi connectivity index (χ0) is 24.2. The van der Waals surface area contributed by atoms with Gasteiger partial charge in [-0.05, 0) is 87.2 Å². The second kappa shape index (κ2) is 8.26. The molecule has 6 heteroatoms. The molecule has 1 aromatic heterocycles. The minimum Gasteiger partial charge on any atom is -0.486 e. The van der Waals surface area contributed by atoms with Crippen LogP contribution >= 0.6 is 0 Å². The van der Waals surface area contributed by atoms with Gasteiger partial charge in [-0.15, -0.1) is 0 Å². The molecule has 1 saturated heterocycles. The highest BCUT2D eigenvalue weighted by Gasteiger charge is 2.45. The summed E-state index contributed by atoms with van der Waals surface area (Å²) in [6.45, 7) is 14.2. The molecule has 0 saturated carbocycles. The van der Waals surface area contributed by atoms with Gasteiger partial charge in [0.15, 0.2) is 0 Å². The van der Waals surface area contributed by atoms with Crippen molar-refractivity contribution in [3.05, 3.63) is 82.2 Å². The van der Waals surface area contributed by atoms with Crippen LogP contribution in [0.3, 0.4) is 0 Å². The lowest BCUT2D eigenvalue weighted by atomic mass is 9.79. The van der Waals surface area contributed by atoms with Crippen molar-refractivity contribution < 1.29 is 13.5 Å². The van der Waals surface area contributed by atoms with Gasteiger partial charge in [-0.3, -0.25) is 0 Å². The van der Waals surface area contributed by atoms with Gasteiger partial charge in [0.2, 0.25) is 5.95 Å². The highest BCUT2D eigenvalue weighted by Crippen LogP contribution is 2.54. The Morgan fingerprint density at radius 1 is 0.853 bits per heavy atom. The number of ether oxygens (including phenoxy) is 1. The third-order valence-electron chi connectivity index (χ3n) is 7.48. The molecule has 0 aliphatic carbocycles. The number of hydrogen-bond acceptors (Lipinski definition) is 4. The van der Waals surface area contributed by atoms with Crippen molar-refractivity contribution in [2.75, 3.05) is 36.0 Å². The van der Waals surface area contributed by atoms with E-state index in [-0.39, 0.29) is 11.7 Å². The van der Waals surface area contributed by atoms with Crippen molar-refractivity contribution in [2.45, 2.75) is 46.1 Å². The number of halogens is 2. The monoisotopic (exact) mass is 463 g/mol. The fraction of sp³-hybridized carbons (Fsp3) is 0.393. The highest BCUT2D eigenvalue weighted by atomic mass is 19.1. The summed E-state index contributed by atoms with van der Waals surface area (Å²) in [5, 5.41) is 0. The van der Waals surface area contributed by atoms with Crippen molar-refractivity contribution in [1.29, 1.82) is 0 Å². The molecule has 178 valence electrons. The highest BCUT2D eigenvalue weighted by molar-refractivity contribution is 5.72. The predicted octanol–water partition coefficient (Wildman–Crippen LogP) is 5.91. The number of anilines is 2. The van der Waals surface area contributed by atoms with E-state index in [4.69, 9.17) is 4.74 Å². The van der Waals surface area contributed by atoms with Crippen LogP contribution in [0.15, 0.2) is 42.6 Å². The maximum atomic E-state index is 13.6. The van der Waals surface area contributed by atoms with Gasteiger partial charge in [-0.25, -0.2) is 9.37 Å². The summed E-state index contributed by atoms with van der Waals surface area (Å²) < 4.78 is 33.4. The average Bonchev–Trinajstić information content (AvgIpc) is 3.11. The Labute approximate surface area is 200 Å². The van der Waals surface area contributed by atoms with E-state index in [9.17, 15) is 8.78 Å². The van der Waals surface area contributed by atoms with Gasteiger partial charge >= 0.3 is 0 Å². The number of fused-ring (bicyclic) bond motifs is 1. The molecule has 2 aliphatic heterocycles. The topological polar surface area (TPSA) is 28.6 Å². The molecule has 0 radical (unpaired) electrons. The fourth-order valence-corrected chi connectivity index (χ4v) is 5.72. The van der Waals surface area contributed by atoms with E-state index in [1.807, 2.05) is 18.2 Å². The van der Waals surface area contributed by atoms with Crippen LogP contribution in [0.5, 0.6) is 5.75 Å². The molecular formula is C28H31F2N3O. The molecule has 3 aromatic rings. The summed E-state index contributed by atoms with van der Waals surface area (Å²) in [6.07, 6.45) is 1.63. The maximum absolute atomic E-state index is 13.6. The summed E-state index contributed by atoms with van der Waals surface area (Å²) >= 11 is 0. The standard InChI is InChI=1S/C28H31F2N3O/c1-17-18(2)27-24(25(28(4,5)34-27)20-6-11-23(30)31-16-20)19(3)26(17)33-14-12-32(13-15-33)22-9-7-21(29)8-10-22/h6-11,16,25H,12-15H2,1-5H3. The third-order valence-corrected chi connectivity index (χ3v) is 7.48. The largest absolute Gasteiger partial charge is 0.486 e. The minimum atomic E-state index is -0.475. The van der Waals surface area contributed by atoms with Crippen molar-refractivity contribution >= 4 is 11.4 Å². The van der Waals surface area contributed by atoms with E-state index in [1.165, 1.54) is 40.6 Å². The summed E-state index contributed by atoms with van der Waals surface area (Å²) in [4.78, 5) is 8.69. The lowest BCUT2D eigenvalue weighted by Crippen LogP contribution is -2.47. The molecule has 1 fully saturated rings. The summed E-state index contributed by atoms with van der Waals surface area (Å²) in [5.41, 5.74) is 7.59. The van der Waals surface area contributed by atoms with E-state index >= 15 is 0 Å². The van der Waals surface area contributed by atoms with E-state index in [0.717, 1.165) is 48.7 Å². The molecule has 3 heterocycles. The lowest BCUT2D eigenvalue weighted by Gasteiger charge is -2.39. The molecule has 1 unspecified atom stereocenters. The molecule has 34 heavy (non-hydrogen) atoms. The minimum absolute atomic E-state index is 0.0332. The van der Waals surface area contributed by atoms with Crippen molar-refractivity contribution in [3.8, 4) is 5.75 Å². The number of benzene rings is 2. The number of hydrogen-bond donors (Lipinski definition) is 0. The van der Waals surface area contributed by atoms with Crippen LogP contribution in [0, 0.1) is 32.5 Å². The lowest BCUT2D eigenvalue weighted by molar-refractivity contribution is 0.121. The Morgan fingerprint density at radius 2 is 1.50 bits per heavy atom. The zero-order valence-corrected chi connectivity index (χ0v) is 20.5. The van der Waals surface area contributed by atoms with Gasteiger partial charge in [-0.1, -0.05) is 6.07 Å². The number of aromatic nitrogens is 1. The summed E-state index contributed by atoms with van der Waals surface area (Å²) in [6, 6.07) is 9.99. The van der Waals surface area contributed by atoms with Crippen LogP contribution < -0.4 is 14.5 Å². The van der Waals surface area contributed by atoms with E-state index < -0.39 is 11.5 Å². The first-order chi connectivity index (χ1) is 16.2. The molecule has 5 rings (SSSR count). The number of pyridine rings is 1. The van der Waals surface area contributed by atoms with Crippen molar-refractivity contribution in [3.63, 3.8) is 0 Å². The van der Waals surface area contributed by atoms with E-state index in [2.05, 4.69) is 49.4 Å². The van der Waals surface area contributed by atoms with Crippen LogP contribution in [-0.2, 0) is 0 Å². The van der Waals surface area contributed by atoms with Gasteiger partial charge in [0.1, 0.15) is 17.2 Å². The molecule has 2 aromatic carbocycles. The molecular weight excluding hydrogens is 432 g/mol. The van der Waals surface area contributed by atoms with Crippen LogP contribution in [-0.4, -0.2) is 36.8 Å². The second-order valence-corrected chi connectivity index (χ2v) is 9.97. The van der Waals surface area contributed by atoms with Crippen LogP contribution in [0.2, 0.25) is 0 Å². The SMILES string of the molecule is Cc1c(C)c(N2CCN(c3ccc(F)cc3)CC2)c(C)c2c1OC(C)(C)C2c1ccc(F)nc1. The third kappa shape index (κ3) is 3.69.